The summed E-state index contributed by atoms with van der Waals surface area (Å²) in [6.45, 7) is 4.71. The van der Waals surface area contributed by atoms with E-state index in [2.05, 4.69) is 5.32 Å². The van der Waals surface area contributed by atoms with Crippen molar-refractivity contribution < 1.29 is 34.4 Å². The monoisotopic (exact) mass is 305 g/mol. The molecule has 21 heavy (non-hydrogen) atoms. The van der Waals surface area contributed by atoms with E-state index < -0.39 is 35.6 Å². The molecule has 0 bridgehead atoms. The van der Waals surface area contributed by atoms with Gasteiger partial charge in [0.05, 0.1) is 5.92 Å². The second-order valence-corrected chi connectivity index (χ2v) is 5.67. The van der Waals surface area contributed by atoms with Crippen molar-refractivity contribution in [2.75, 3.05) is 6.61 Å². The van der Waals surface area contributed by atoms with Gasteiger partial charge in [-0.05, 0) is 40.0 Å². The Bertz CT molecular complexity index is 375. The zero-order valence-corrected chi connectivity index (χ0v) is 12.5. The number of nitrogens with one attached hydrogen (secondary N) is 1. The first-order valence-corrected chi connectivity index (χ1v) is 6.62. The molecule has 4 N–H and O–H groups in total. The van der Waals surface area contributed by atoms with E-state index in [1.807, 2.05) is 0 Å². The summed E-state index contributed by atoms with van der Waals surface area (Å²) >= 11 is 0. The van der Waals surface area contributed by atoms with Crippen LogP contribution in [-0.2, 0) is 14.3 Å². The fourth-order valence-electron chi connectivity index (χ4n) is 1.64. The molecule has 2 atom stereocenters. The average Bonchev–Trinajstić information content (AvgIpc) is 2.29. The molecule has 0 aliphatic rings. The molecular formula is C13H23NO7. The Hall–Kier alpha value is -1.83. The smallest absolute Gasteiger partial charge is 0.408 e. The number of aliphatic hydroxyl groups excluding tert-OH is 1. The number of carbonyl (C=O) groups is 3. The van der Waals surface area contributed by atoms with Crippen LogP contribution in [0.5, 0.6) is 0 Å². The van der Waals surface area contributed by atoms with Crippen molar-refractivity contribution in [1.82, 2.24) is 5.32 Å². The molecule has 0 saturated carbocycles. The van der Waals surface area contributed by atoms with Crippen LogP contribution in [0.1, 0.15) is 40.0 Å². The van der Waals surface area contributed by atoms with Gasteiger partial charge in [-0.3, -0.25) is 4.79 Å². The number of carboxylic acids is 2. The highest BCUT2D eigenvalue weighted by Crippen LogP contribution is 2.15. The number of aliphatic hydroxyl groups is 1. The Kier molecular flexibility index (Phi) is 7.72. The van der Waals surface area contributed by atoms with Crippen molar-refractivity contribution in [1.29, 1.82) is 0 Å². The molecule has 0 aliphatic heterocycles. The molecule has 0 radical (unpaired) electrons. The van der Waals surface area contributed by atoms with Gasteiger partial charge in [0.15, 0.2) is 0 Å². The highest BCUT2D eigenvalue weighted by molar-refractivity contribution is 5.81. The summed E-state index contributed by atoms with van der Waals surface area (Å²) < 4.78 is 4.94. The topological polar surface area (TPSA) is 133 Å². The van der Waals surface area contributed by atoms with Crippen LogP contribution in [-0.4, -0.2) is 51.6 Å². The van der Waals surface area contributed by atoms with Crippen LogP contribution in [0.4, 0.5) is 4.79 Å². The van der Waals surface area contributed by atoms with E-state index in [4.69, 9.17) is 20.1 Å². The number of amides is 1. The lowest BCUT2D eigenvalue weighted by molar-refractivity contribution is -0.144. The summed E-state index contributed by atoms with van der Waals surface area (Å²) in [5.41, 5.74) is -0.782. The number of alkyl carbamates (subject to hydrolysis) is 1. The predicted octanol–water partition coefficient (Wildman–Crippen LogP) is 0.828. The molecule has 0 saturated heterocycles. The summed E-state index contributed by atoms with van der Waals surface area (Å²) in [5.74, 6) is -3.47. The molecule has 0 rings (SSSR count). The van der Waals surface area contributed by atoms with Gasteiger partial charge < -0.3 is 25.4 Å². The third-order valence-corrected chi connectivity index (χ3v) is 2.57. The molecule has 0 aromatic rings. The van der Waals surface area contributed by atoms with Gasteiger partial charge in [-0.25, -0.2) is 9.59 Å². The summed E-state index contributed by atoms with van der Waals surface area (Å²) in [4.78, 5) is 33.7. The number of aliphatic carboxylic acids is 2. The first-order valence-electron chi connectivity index (χ1n) is 6.62. The van der Waals surface area contributed by atoms with Gasteiger partial charge in [-0.1, -0.05) is 0 Å². The first kappa shape index (κ1) is 19.2. The Morgan fingerprint density at radius 1 is 1.14 bits per heavy atom. The van der Waals surface area contributed by atoms with E-state index in [1.165, 1.54) is 0 Å². The SMILES string of the molecule is CC(C)(C)OC(=O)NC(CC(CCCO)C(=O)O)C(=O)O. The highest BCUT2D eigenvalue weighted by Gasteiger charge is 2.29. The molecule has 0 aromatic carbocycles. The normalized spacial score (nSPS) is 14.1. The molecule has 0 aliphatic carbocycles. The molecular weight excluding hydrogens is 282 g/mol. The van der Waals surface area contributed by atoms with E-state index in [0.717, 1.165) is 0 Å². The lowest BCUT2D eigenvalue weighted by atomic mass is 9.95. The Morgan fingerprint density at radius 3 is 2.10 bits per heavy atom. The van der Waals surface area contributed by atoms with E-state index in [1.54, 1.807) is 20.8 Å². The maximum atomic E-state index is 11.6. The highest BCUT2D eigenvalue weighted by atomic mass is 16.6. The molecule has 0 heterocycles. The number of hydrogen-bond donors (Lipinski definition) is 4. The quantitative estimate of drug-likeness (QED) is 0.522. The Labute approximate surface area is 123 Å². The van der Waals surface area contributed by atoms with Gasteiger partial charge in [-0.15, -0.1) is 0 Å². The van der Waals surface area contributed by atoms with E-state index in [0.29, 0.717) is 0 Å². The molecule has 0 fully saturated rings. The lowest BCUT2D eigenvalue weighted by Gasteiger charge is -2.23. The van der Waals surface area contributed by atoms with Gasteiger partial charge in [-0.2, -0.15) is 0 Å². The van der Waals surface area contributed by atoms with Crippen molar-refractivity contribution in [2.24, 2.45) is 5.92 Å². The second-order valence-electron chi connectivity index (χ2n) is 5.67. The van der Waals surface area contributed by atoms with Crippen molar-refractivity contribution >= 4 is 18.0 Å². The number of carbonyl (C=O) groups excluding carboxylic acids is 1. The van der Waals surface area contributed by atoms with Crippen molar-refractivity contribution in [3.63, 3.8) is 0 Å². The summed E-state index contributed by atoms with van der Waals surface area (Å²) in [6.07, 6.45) is -0.813. The van der Waals surface area contributed by atoms with Crippen molar-refractivity contribution in [2.45, 2.75) is 51.7 Å². The maximum absolute atomic E-state index is 11.6. The Balaban J connectivity index is 4.70. The van der Waals surface area contributed by atoms with Crippen LogP contribution in [0.15, 0.2) is 0 Å². The summed E-state index contributed by atoms with van der Waals surface area (Å²) in [7, 11) is 0. The third-order valence-electron chi connectivity index (χ3n) is 2.57. The molecule has 2 unspecified atom stereocenters. The third kappa shape index (κ3) is 8.85. The minimum atomic E-state index is -1.36. The molecule has 1 amide bonds. The first-order chi connectivity index (χ1) is 9.56. The minimum Gasteiger partial charge on any atom is -0.481 e. The summed E-state index contributed by atoms with van der Waals surface area (Å²) in [5, 5.41) is 29.0. The van der Waals surface area contributed by atoms with E-state index >= 15 is 0 Å². The van der Waals surface area contributed by atoms with E-state index in [-0.39, 0.29) is 25.9 Å². The molecule has 0 spiro atoms. The average molecular weight is 305 g/mol. The molecule has 122 valence electrons. The maximum Gasteiger partial charge on any atom is 0.408 e. The van der Waals surface area contributed by atoms with Crippen LogP contribution in [0.25, 0.3) is 0 Å². The predicted molar refractivity (Wildman–Crippen MR) is 72.9 cm³/mol. The van der Waals surface area contributed by atoms with Gasteiger partial charge >= 0.3 is 18.0 Å². The van der Waals surface area contributed by atoms with Gasteiger partial charge in [0.25, 0.3) is 0 Å². The van der Waals surface area contributed by atoms with Crippen molar-refractivity contribution in [3.05, 3.63) is 0 Å². The van der Waals surface area contributed by atoms with Crippen LogP contribution < -0.4 is 5.32 Å². The minimum absolute atomic E-state index is 0.131. The number of rotatable bonds is 8. The molecule has 8 heteroatoms. The van der Waals surface area contributed by atoms with Crippen molar-refractivity contribution in [3.8, 4) is 0 Å². The molecule has 0 aromatic heterocycles. The zero-order chi connectivity index (χ0) is 16.6. The Morgan fingerprint density at radius 2 is 1.71 bits per heavy atom. The summed E-state index contributed by atoms with van der Waals surface area (Å²) in [6, 6.07) is -1.36. The standard InChI is InChI=1S/C13H23NO7/c1-13(2,3)21-12(20)14-9(11(18)19)7-8(10(16)17)5-4-6-15/h8-9,15H,4-7H2,1-3H3,(H,14,20)(H,16,17)(H,18,19). The number of ether oxygens (including phenoxy) is 1. The lowest BCUT2D eigenvalue weighted by Crippen LogP contribution is -2.45. The van der Waals surface area contributed by atoms with Crippen LogP contribution in [0, 0.1) is 5.92 Å². The largest absolute Gasteiger partial charge is 0.481 e. The fraction of sp³-hybridized carbons (Fsp3) is 0.769. The van der Waals surface area contributed by atoms with Gasteiger partial charge in [0, 0.05) is 6.61 Å². The number of hydrogen-bond acceptors (Lipinski definition) is 5. The molecule has 8 nitrogen and oxygen atoms in total. The van der Waals surface area contributed by atoms with E-state index in [9.17, 15) is 14.4 Å². The fourth-order valence-corrected chi connectivity index (χ4v) is 1.64. The van der Waals surface area contributed by atoms with Crippen LogP contribution >= 0.6 is 0 Å². The van der Waals surface area contributed by atoms with Gasteiger partial charge in [0.1, 0.15) is 11.6 Å². The van der Waals surface area contributed by atoms with Crippen LogP contribution in [0.3, 0.4) is 0 Å². The number of carboxylic acid groups (broad SMARTS) is 2. The van der Waals surface area contributed by atoms with Crippen LogP contribution in [0.2, 0.25) is 0 Å². The second kappa shape index (κ2) is 8.46. The zero-order valence-electron chi connectivity index (χ0n) is 12.5. The van der Waals surface area contributed by atoms with Gasteiger partial charge in [0.2, 0.25) is 0 Å².